The van der Waals surface area contributed by atoms with Crippen LogP contribution in [0.3, 0.4) is 0 Å². The minimum atomic E-state index is 0.567. The average Bonchev–Trinajstić information content (AvgIpc) is 2.75. The van der Waals surface area contributed by atoms with E-state index in [0.717, 1.165) is 17.5 Å². The smallest absolute Gasteiger partial charge is 0.0951 e. The van der Waals surface area contributed by atoms with Crippen molar-refractivity contribution in [3.63, 3.8) is 0 Å². The van der Waals surface area contributed by atoms with Crippen LogP contribution in [-0.4, -0.2) is 9.55 Å². The van der Waals surface area contributed by atoms with Gasteiger partial charge in [-0.05, 0) is 24.7 Å². The summed E-state index contributed by atoms with van der Waals surface area (Å²) < 4.78 is 2.27. The molecule has 1 saturated carbocycles. The van der Waals surface area contributed by atoms with Crippen LogP contribution in [0.1, 0.15) is 38.4 Å². The van der Waals surface area contributed by atoms with E-state index in [-0.39, 0.29) is 0 Å². The monoisotopic (exact) mass is 212 g/mol. The van der Waals surface area contributed by atoms with E-state index in [0.29, 0.717) is 11.9 Å². The van der Waals surface area contributed by atoms with Gasteiger partial charge in [-0.3, -0.25) is 0 Å². The van der Waals surface area contributed by atoms with Gasteiger partial charge in [-0.1, -0.05) is 13.8 Å². The lowest BCUT2D eigenvalue weighted by molar-refractivity contribution is 0.348. The van der Waals surface area contributed by atoms with Crippen molar-refractivity contribution in [2.45, 2.75) is 38.6 Å². The molecule has 0 saturated heterocycles. The Labute approximate surface area is 90.3 Å². The van der Waals surface area contributed by atoms with E-state index in [9.17, 15) is 0 Å². The Morgan fingerprint density at radius 2 is 2.29 bits per heavy atom. The molecule has 3 heteroatoms. The van der Waals surface area contributed by atoms with Gasteiger partial charge in [0.05, 0.1) is 17.9 Å². The number of hydrogen-bond acceptors (Lipinski definition) is 1. The van der Waals surface area contributed by atoms with Gasteiger partial charge < -0.3 is 4.57 Å². The molecule has 0 aliphatic heterocycles. The summed E-state index contributed by atoms with van der Waals surface area (Å²) in [5.41, 5.74) is 1.15. The zero-order valence-corrected chi connectivity index (χ0v) is 9.54. The van der Waals surface area contributed by atoms with Gasteiger partial charge >= 0.3 is 0 Å². The fourth-order valence-corrected chi connectivity index (χ4v) is 2.67. The maximum atomic E-state index is 5.88. The first-order valence-electron chi connectivity index (χ1n) is 5.30. The van der Waals surface area contributed by atoms with Crippen LogP contribution in [-0.2, 0) is 5.88 Å². The topological polar surface area (TPSA) is 17.8 Å². The van der Waals surface area contributed by atoms with Gasteiger partial charge in [0, 0.05) is 12.2 Å². The highest BCUT2D eigenvalue weighted by Crippen LogP contribution is 2.40. The lowest BCUT2D eigenvalue weighted by Crippen LogP contribution is -2.15. The number of nitrogens with zero attached hydrogens (tertiary/aromatic N) is 2. The predicted octanol–water partition coefficient (Wildman–Crippen LogP) is 3.23. The van der Waals surface area contributed by atoms with Gasteiger partial charge in [-0.25, -0.2) is 4.98 Å². The molecule has 78 valence electrons. The first kappa shape index (κ1) is 10.0. The molecule has 1 aliphatic carbocycles. The first-order valence-corrected chi connectivity index (χ1v) is 5.84. The Balaban J connectivity index is 2.23. The quantitative estimate of drug-likeness (QED) is 0.689. The number of halogens is 1. The molecule has 1 heterocycles. The minimum absolute atomic E-state index is 0.567. The second-order valence-electron chi connectivity index (χ2n) is 4.41. The van der Waals surface area contributed by atoms with E-state index in [1.807, 2.05) is 12.5 Å². The van der Waals surface area contributed by atoms with Crippen LogP contribution in [0.25, 0.3) is 0 Å². The summed E-state index contributed by atoms with van der Waals surface area (Å²) in [5, 5.41) is 0. The zero-order chi connectivity index (χ0) is 10.1. The van der Waals surface area contributed by atoms with E-state index >= 15 is 0 Å². The van der Waals surface area contributed by atoms with Gasteiger partial charge in [0.1, 0.15) is 0 Å². The summed E-state index contributed by atoms with van der Waals surface area (Å²) in [4.78, 5) is 4.18. The molecule has 1 fully saturated rings. The highest BCUT2D eigenvalue weighted by atomic mass is 35.5. The highest BCUT2D eigenvalue weighted by Gasteiger charge is 2.31. The van der Waals surface area contributed by atoms with Crippen LogP contribution in [0.2, 0.25) is 0 Å². The van der Waals surface area contributed by atoms with E-state index in [1.165, 1.54) is 12.8 Å². The largest absolute Gasteiger partial charge is 0.330 e. The Morgan fingerprint density at radius 3 is 2.86 bits per heavy atom. The predicted molar refractivity (Wildman–Crippen MR) is 58.4 cm³/mol. The second-order valence-corrected chi connectivity index (χ2v) is 4.67. The van der Waals surface area contributed by atoms with E-state index in [2.05, 4.69) is 23.4 Å². The second kappa shape index (κ2) is 3.93. The lowest BCUT2D eigenvalue weighted by Gasteiger charge is -2.21. The summed E-state index contributed by atoms with van der Waals surface area (Å²) in [6.45, 7) is 4.67. The van der Waals surface area contributed by atoms with Crippen molar-refractivity contribution in [2.24, 2.45) is 11.8 Å². The third kappa shape index (κ3) is 1.56. The van der Waals surface area contributed by atoms with Gasteiger partial charge in [0.15, 0.2) is 0 Å². The van der Waals surface area contributed by atoms with Crippen LogP contribution < -0.4 is 0 Å². The molecule has 0 amide bonds. The summed E-state index contributed by atoms with van der Waals surface area (Å²) in [6.07, 6.45) is 6.40. The molecule has 0 aromatic carbocycles. The molecule has 3 atom stereocenters. The molecule has 0 bridgehead atoms. The third-order valence-electron chi connectivity index (χ3n) is 3.66. The maximum absolute atomic E-state index is 5.88. The van der Waals surface area contributed by atoms with Crippen molar-refractivity contribution in [1.82, 2.24) is 9.55 Å². The molecular formula is C11H17ClN2. The van der Waals surface area contributed by atoms with Crippen molar-refractivity contribution in [2.75, 3.05) is 0 Å². The molecule has 1 aromatic rings. The van der Waals surface area contributed by atoms with Crippen molar-refractivity contribution in [3.05, 3.63) is 18.2 Å². The molecule has 3 unspecified atom stereocenters. The van der Waals surface area contributed by atoms with E-state index in [4.69, 9.17) is 11.6 Å². The Morgan fingerprint density at radius 1 is 1.50 bits per heavy atom. The molecule has 0 radical (unpaired) electrons. The van der Waals surface area contributed by atoms with Crippen LogP contribution in [0, 0.1) is 11.8 Å². The Bertz CT molecular complexity index is 308. The molecule has 0 N–H and O–H groups in total. The summed E-state index contributed by atoms with van der Waals surface area (Å²) >= 11 is 5.88. The molecule has 2 rings (SSSR count). The van der Waals surface area contributed by atoms with Crippen molar-refractivity contribution in [3.8, 4) is 0 Å². The van der Waals surface area contributed by atoms with Crippen LogP contribution in [0.4, 0.5) is 0 Å². The molecule has 1 aromatic heterocycles. The fraction of sp³-hybridized carbons (Fsp3) is 0.727. The third-order valence-corrected chi connectivity index (χ3v) is 3.94. The fourth-order valence-electron chi connectivity index (χ4n) is 2.47. The van der Waals surface area contributed by atoms with Crippen molar-refractivity contribution >= 4 is 11.6 Å². The Hall–Kier alpha value is -0.500. The average molecular weight is 213 g/mol. The highest BCUT2D eigenvalue weighted by molar-refractivity contribution is 6.16. The van der Waals surface area contributed by atoms with Crippen LogP contribution in [0.15, 0.2) is 12.5 Å². The number of imidazole rings is 1. The first-order chi connectivity index (χ1) is 6.74. The molecule has 1 aliphatic rings. The SMILES string of the molecule is CC1CCC(n2cncc2CCl)C1C. The normalized spacial score (nSPS) is 32.4. The number of alkyl halides is 1. The summed E-state index contributed by atoms with van der Waals surface area (Å²) in [6, 6.07) is 0.612. The standard InChI is InChI=1S/C11H17ClN2/c1-8-3-4-11(9(8)2)14-7-13-6-10(14)5-12/h6-9,11H,3-5H2,1-2H3. The number of hydrogen-bond donors (Lipinski definition) is 0. The molecular weight excluding hydrogens is 196 g/mol. The van der Waals surface area contributed by atoms with Crippen molar-refractivity contribution < 1.29 is 0 Å². The zero-order valence-electron chi connectivity index (χ0n) is 8.78. The Kier molecular flexibility index (Phi) is 2.82. The lowest BCUT2D eigenvalue weighted by atomic mass is 9.97. The summed E-state index contributed by atoms with van der Waals surface area (Å²) in [7, 11) is 0. The molecule has 0 spiro atoms. The van der Waals surface area contributed by atoms with Crippen LogP contribution >= 0.6 is 11.6 Å². The van der Waals surface area contributed by atoms with E-state index < -0.39 is 0 Å². The van der Waals surface area contributed by atoms with Gasteiger partial charge in [0.25, 0.3) is 0 Å². The number of aromatic nitrogens is 2. The van der Waals surface area contributed by atoms with Crippen molar-refractivity contribution in [1.29, 1.82) is 0 Å². The van der Waals surface area contributed by atoms with Crippen LogP contribution in [0.5, 0.6) is 0 Å². The van der Waals surface area contributed by atoms with Gasteiger partial charge in [0.2, 0.25) is 0 Å². The molecule has 2 nitrogen and oxygen atoms in total. The number of rotatable bonds is 2. The molecule has 14 heavy (non-hydrogen) atoms. The van der Waals surface area contributed by atoms with Gasteiger partial charge in [-0.15, -0.1) is 11.6 Å². The van der Waals surface area contributed by atoms with Gasteiger partial charge in [-0.2, -0.15) is 0 Å². The van der Waals surface area contributed by atoms with E-state index in [1.54, 1.807) is 0 Å². The maximum Gasteiger partial charge on any atom is 0.0951 e. The minimum Gasteiger partial charge on any atom is -0.330 e. The summed E-state index contributed by atoms with van der Waals surface area (Å²) in [5.74, 6) is 2.13.